The number of halogens is 2. The molecule has 0 aliphatic rings. The van der Waals surface area contributed by atoms with Crippen molar-refractivity contribution in [3.63, 3.8) is 0 Å². The number of rotatable bonds is 2. The molecule has 0 unspecified atom stereocenters. The molecule has 7 heteroatoms. The van der Waals surface area contributed by atoms with E-state index in [1.165, 1.54) is 23.8 Å². The van der Waals surface area contributed by atoms with Crippen molar-refractivity contribution in [2.24, 2.45) is 12.5 Å². The van der Waals surface area contributed by atoms with Crippen molar-refractivity contribution >= 4 is 28.8 Å². The molecule has 1 aromatic heterocycles. The lowest BCUT2D eigenvalue weighted by Crippen LogP contribution is -2.32. The van der Waals surface area contributed by atoms with E-state index >= 15 is 0 Å². The lowest BCUT2D eigenvalue weighted by atomic mass is 9.87. The van der Waals surface area contributed by atoms with Crippen LogP contribution in [0.4, 0.5) is 8.78 Å². The van der Waals surface area contributed by atoms with Crippen molar-refractivity contribution in [3.05, 3.63) is 54.9 Å². The van der Waals surface area contributed by atoms with Gasteiger partial charge in [0.15, 0.2) is 17.4 Å². The van der Waals surface area contributed by atoms with Gasteiger partial charge in [-0.3, -0.25) is 9.59 Å². The number of hydrogen-bond acceptors (Lipinski definition) is 4. The molecule has 1 heterocycles. The SMILES string of the molecule is Cn1c(=O)/c(=C\c2ccc(F)c(F)c2)s/c1=C(/C#N)C(=O)C(C)(C)C. The molecule has 0 radical (unpaired) electrons. The van der Waals surface area contributed by atoms with Crippen LogP contribution in [0.1, 0.15) is 26.3 Å². The predicted octanol–water partition coefficient (Wildman–Crippen LogP) is 1.84. The van der Waals surface area contributed by atoms with Crippen LogP contribution in [-0.2, 0) is 11.8 Å². The molecule has 1 aromatic carbocycles. The fraction of sp³-hybridized carbons (Fsp3) is 0.278. The van der Waals surface area contributed by atoms with Gasteiger partial charge in [-0.1, -0.05) is 26.8 Å². The summed E-state index contributed by atoms with van der Waals surface area (Å²) in [6.45, 7) is 5.06. The van der Waals surface area contributed by atoms with E-state index in [0.29, 0.717) is 5.56 Å². The second-order valence-corrected chi connectivity index (χ2v) is 7.55. The molecule has 130 valence electrons. The number of carbonyl (C=O) groups excluding carboxylic acids is 1. The number of benzene rings is 1. The van der Waals surface area contributed by atoms with E-state index in [9.17, 15) is 23.6 Å². The van der Waals surface area contributed by atoms with Crippen molar-refractivity contribution in [1.29, 1.82) is 5.26 Å². The molecule has 0 spiro atoms. The second kappa shape index (κ2) is 6.73. The first-order chi connectivity index (χ1) is 11.6. The van der Waals surface area contributed by atoms with E-state index in [2.05, 4.69) is 0 Å². The summed E-state index contributed by atoms with van der Waals surface area (Å²) in [5.74, 6) is -2.37. The lowest BCUT2D eigenvalue weighted by Gasteiger charge is -2.15. The van der Waals surface area contributed by atoms with Crippen LogP contribution < -0.4 is 14.8 Å². The van der Waals surface area contributed by atoms with Crippen LogP contribution in [0.25, 0.3) is 11.6 Å². The highest BCUT2D eigenvalue weighted by atomic mass is 32.1. The normalized spacial score (nSPS) is 13.6. The van der Waals surface area contributed by atoms with Gasteiger partial charge in [-0.05, 0) is 23.8 Å². The highest BCUT2D eigenvalue weighted by molar-refractivity contribution is 7.07. The Labute approximate surface area is 147 Å². The zero-order chi connectivity index (χ0) is 18.9. The van der Waals surface area contributed by atoms with Gasteiger partial charge in [0.1, 0.15) is 16.3 Å². The van der Waals surface area contributed by atoms with Gasteiger partial charge in [-0.15, -0.1) is 11.3 Å². The summed E-state index contributed by atoms with van der Waals surface area (Å²) in [5.41, 5.74) is -0.971. The van der Waals surface area contributed by atoms with Crippen LogP contribution in [-0.4, -0.2) is 10.4 Å². The topological polar surface area (TPSA) is 62.9 Å². The standard InChI is InChI=1S/C18H16F2N2O2S/c1-18(2,3)15(23)11(9-21)17-22(4)16(24)14(25-17)8-10-5-6-12(19)13(20)7-10/h5-8H,1-4H3/b14-8+,17-11-. The fourth-order valence-corrected chi connectivity index (χ4v) is 3.20. The average molecular weight is 362 g/mol. The van der Waals surface area contributed by atoms with Gasteiger partial charge in [-0.25, -0.2) is 8.78 Å². The summed E-state index contributed by atoms with van der Waals surface area (Å²) in [6, 6.07) is 5.16. The van der Waals surface area contributed by atoms with E-state index in [1.807, 2.05) is 6.07 Å². The number of hydrogen-bond donors (Lipinski definition) is 0. The number of aromatic nitrogens is 1. The van der Waals surface area contributed by atoms with Crippen LogP contribution in [0.3, 0.4) is 0 Å². The van der Waals surface area contributed by atoms with Gasteiger partial charge in [-0.2, -0.15) is 5.26 Å². The maximum atomic E-state index is 13.3. The maximum absolute atomic E-state index is 13.3. The zero-order valence-corrected chi connectivity index (χ0v) is 15.0. The molecule has 0 N–H and O–H groups in total. The third-order valence-electron chi connectivity index (χ3n) is 3.50. The molecule has 0 fully saturated rings. The maximum Gasteiger partial charge on any atom is 0.268 e. The number of Topliss-reactive ketones (excluding diaryl/α,β-unsaturated/α-hetero) is 1. The van der Waals surface area contributed by atoms with Crippen LogP contribution in [0.15, 0.2) is 23.0 Å². The summed E-state index contributed by atoms with van der Waals surface area (Å²) in [6.07, 6.45) is 1.40. The number of nitrogens with zero attached hydrogens (tertiary/aromatic N) is 2. The molecular weight excluding hydrogens is 346 g/mol. The minimum absolute atomic E-state index is 0.0953. The molecule has 0 atom stereocenters. The Bertz CT molecular complexity index is 1070. The number of ketones is 1. The third-order valence-corrected chi connectivity index (χ3v) is 4.69. The van der Waals surface area contributed by atoms with E-state index in [1.54, 1.807) is 20.8 Å². The van der Waals surface area contributed by atoms with Gasteiger partial charge in [0.05, 0.1) is 4.53 Å². The highest BCUT2D eigenvalue weighted by Gasteiger charge is 2.26. The second-order valence-electron chi connectivity index (χ2n) is 6.52. The summed E-state index contributed by atoms with van der Waals surface area (Å²) >= 11 is 0.966. The van der Waals surface area contributed by atoms with Crippen LogP contribution in [0.5, 0.6) is 0 Å². The first-order valence-electron chi connectivity index (χ1n) is 7.38. The van der Waals surface area contributed by atoms with Crippen molar-refractivity contribution in [3.8, 4) is 6.07 Å². The van der Waals surface area contributed by atoms with Gasteiger partial charge >= 0.3 is 0 Å². The number of thiazole rings is 1. The quantitative estimate of drug-likeness (QED) is 0.819. The Balaban J connectivity index is 2.76. The summed E-state index contributed by atoms with van der Waals surface area (Å²) in [4.78, 5) is 24.8. The van der Waals surface area contributed by atoms with Crippen LogP contribution in [0.2, 0.25) is 0 Å². The molecule has 0 saturated heterocycles. The predicted molar refractivity (Wildman–Crippen MR) is 92.2 cm³/mol. The molecule has 0 aliphatic carbocycles. The zero-order valence-electron chi connectivity index (χ0n) is 14.2. The molecule has 25 heavy (non-hydrogen) atoms. The molecular formula is C18H16F2N2O2S. The van der Waals surface area contributed by atoms with Crippen molar-refractivity contribution in [2.75, 3.05) is 0 Å². The van der Waals surface area contributed by atoms with Crippen molar-refractivity contribution in [2.45, 2.75) is 20.8 Å². The van der Waals surface area contributed by atoms with Crippen LogP contribution >= 0.6 is 11.3 Å². The average Bonchev–Trinajstić information content (AvgIpc) is 2.79. The molecule has 4 nitrogen and oxygen atoms in total. The fourth-order valence-electron chi connectivity index (χ4n) is 2.11. The Hall–Kier alpha value is -2.59. The van der Waals surface area contributed by atoms with E-state index < -0.39 is 22.6 Å². The number of nitriles is 1. The number of carbonyl (C=O) groups is 1. The summed E-state index contributed by atoms with van der Waals surface area (Å²) in [5, 5.41) is 9.38. The molecule has 0 bridgehead atoms. The van der Waals surface area contributed by atoms with Gasteiger partial charge in [0.2, 0.25) is 0 Å². The van der Waals surface area contributed by atoms with E-state index in [-0.39, 0.29) is 20.6 Å². The smallest absolute Gasteiger partial charge is 0.268 e. The monoisotopic (exact) mass is 362 g/mol. The molecule has 0 saturated carbocycles. The minimum Gasteiger partial charge on any atom is -0.301 e. The molecule has 2 rings (SSSR count). The third kappa shape index (κ3) is 3.74. The first kappa shape index (κ1) is 18.7. The van der Waals surface area contributed by atoms with Gasteiger partial charge in [0, 0.05) is 12.5 Å². The Morgan fingerprint density at radius 2 is 1.92 bits per heavy atom. The first-order valence-corrected chi connectivity index (χ1v) is 8.19. The van der Waals surface area contributed by atoms with Gasteiger partial charge < -0.3 is 4.57 Å². The van der Waals surface area contributed by atoms with Crippen molar-refractivity contribution in [1.82, 2.24) is 4.57 Å². The summed E-state index contributed by atoms with van der Waals surface area (Å²) < 4.78 is 28.0. The largest absolute Gasteiger partial charge is 0.301 e. The Morgan fingerprint density at radius 1 is 1.28 bits per heavy atom. The van der Waals surface area contributed by atoms with Crippen LogP contribution in [0, 0.1) is 28.4 Å². The lowest BCUT2D eigenvalue weighted by molar-refractivity contribution is -0.120. The Kier molecular flexibility index (Phi) is 5.04. The minimum atomic E-state index is -1.02. The Morgan fingerprint density at radius 3 is 2.44 bits per heavy atom. The molecule has 0 amide bonds. The van der Waals surface area contributed by atoms with Crippen molar-refractivity contribution < 1.29 is 13.6 Å². The van der Waals surface area contributed by atoms with E-state index in [0.717, 1.165) is 23.5 Å². The highest BCUT2D eigenvalue weighted by Crippen LogP contribution is 2.19. The summed E-state index contributed by atoms with van der Waals surface area (Å²) in [7, 11) is 1.46. The molecule has 2 aromatic rings. The molecule has 0 aliphatic heterocycles. The van der Waals surface area contributed by atoms with Gasteiger partial charge in [0.25, 0.3) is 5.56 Å². The van der Waals surface area contributed by atoms with E-state index in [4.69, 9.17) is 0 Å².